The maximum atomic E-state index is 12.0. The van der Waals surface area contributed by atoms with E-state index in [0.29, 0.717) is 18.9 Å². The quantitative estimate of drug-likeness (QED) is 0.629. The van der Waals surface area contributed by atoms with Gasteiger partial charge < -0.3 is 14.8 Å². The van der Waals surface area contributed by atoms with Crippen molar-refractivity contribution in [3.05, 3.63) is 57.6 Å². The van der Waals surface area contributed by atoms with Gasteiger partial charge in [0.1, 0.15) is 18.1 Å². The van der Waals surface area contributed by atoms with Gasteiger partial charge in [0.05, 0.1) is 11.0 Å². The summed E-state index contributed by atoms with van der Waals surface area (Å²) in [7, 11) is 0. The van der Waals surface area contributed by atoms with Crippen LogP contribution >= 0.6 is 15.9 Å². The number of rotatable bonds is 7. The topological polar surface area (TPSA) is 47.6 Å². The zero-order valence-electron chi connectivity index (χ0n) is 16.7. The Morgan fingerprint density at radius 3 is 2.37 bits per heavy atom. The predicted octanol–water partition coefficient (Wildman–Crippen LogP) is 4.94. The van der Waals surface area contributed by atoms with E-state index in [1.165, 1.54) is 11.1 Å². The molecule has 0 bridgehead atoms. The van der Waals surface area contributed by atoms with E-state index in [9.17, 15) is 4.79 Å². The molecule has 0 unspecified atom stereocenters. The van der Waals surface area contributed by atoms with Crippen molar-refractivity contribution >= 4 is 21.8 Å². The summed E-state index contributed by atoms with van der Waals surface area (Å²) in [5, 5.41) is 2.80. The Labute approximate surface area is 170 Å². The van der Waals surface area contributed by atoms with Crippen molar-refractivity contribution in [2.75, 3.05) is 19.8 Å². The molecule has 0 aromatic heterocycles. The van der Waals surface area contributed by atoms with E-state index in [-0.39, 0.29) is 17.9 Å². The van der Waals surface area contributed by atoms with Gasteiger partial charge in [-0.25, -0.2) is 0 Å². The van der Waals surface area contributed by atoms with Gasteiger partial charge in [-0.05, 0) is 64.5 Å². The van der Waals surface area contributed by atoms with Crippen molar-refractivity contribution in [1.29, 1.82) is 0 Å². The highest BCUT2D eigenvalue weighted by Gasteiger charge is 2.15. The number of ether oxygens (including phenoxy) is 2. The molecule has 1 amide bonds. The summed E-state index contributed by atoms with van der Waals surface area (Å²) in [6.07, 6.45) is 0. The molecule has 0 aliphatic carbocycles. The number of amides is 1. The number of halogens is 1. The second-order valence-electron chi connectivity index (χ2n) is 7.65. The first-order chi connectivity index (χ1) is 12.7. The van der Waals surface area contributed by atoms with Crippen LogP contribution in [0.25, 0.3) is 0 Å². The van der Waals surface area contributed by atoms with Crippen LogP contribution in [0.4, 0.5) is 0 Å². The fraction of sp³-hybridized carbons (Fsp3) is 0.409. The lowest BCUT2D eigenvalue weighted by Crippen LogP contribution is -2.32. The van der Waals surface area contributed by atoms with Gasteiger partial charge in [0.25, 0.3) is 5.91 Å². The van der Waals surface area contributed by atoms with Gasteiger partial charge in [0, 0.05) is 0 Å². The second kappa shape index (κ2) is 9.27. The van der Waals surface area contributed by atoms with E-state index in [4.69, 9.17) is 9.47 Å². The van der Waals surface area contributed by atoms with Crippen LogP contribution in [0.3, 0.4) is 0 Å². The van der Waals surface area contributed by atoms with Crippen LogP contribution in [0.1, 0.15) is 37.5 Å². The third-order valence-corrected chi connectivity index (χ3v) is 4.79. The fourth-order valence-corrected chi connectivity index (χ4v) is 3.08. The van der Waals surface area contributed by atoms with Crippen LogP contribution < -0.4 is 14.8 Å². The summed E-state index contributed by atoms with van der Waals surface area (Å²) in [4.78, 5) is 12.0. The van der Waals surface area contributed by atoms with Crippen molar-refractivity contribution in [3.63, 3.8) is 0 Å². The number of hydrogen-bond acceptors (Lipinski definition) is 3. The van der Waals surface area contributed by atoms with Crippen LogP contribution in [0.2, 0.25) is 0 Å². The van der Waals surface area contributed by atoms with Crippen molar-refractivity contribution < 1.29 is 14.3 Å². The first kappa shape index (κ1) is 21.3. The van der Waals surface area contributed by atoms with E-state index in [0.717, 1.165) is 15.8 Å². The average molecular weight is 434 g/mol. The van der Waals surface area contributed by atoms with Gasteiger partial charge in [-0.15, -0.1) is 0 Å². The standard InChI is InChI=1S/C22H28BrNO3/c1-15-6-8-19(16(2)12-15)26-11-10-24-21(25)14-27-20-9-7-17(13-18(20)23)22(3,4)5/h6-9,12-13H,10-11,14H2,1-5H3,(H,24,25). The molecule has 0 aliphatic rings. The molecule has 1 N–H and O–H groups in total. The van der Waals surface area contributed by atoms with Crippen LogP contribution in [-0.2, 0) is 10.2 Å². The van der Waals surface area contributed by atoms with Gasteiger partial charge in [0.2, 0.25) is 0 Å². The highest BCUT2D eigenvalue weighted by Crippen LogP contribution is 2.31. The summed E-state index contributed by atoms with van der Waals surface area (Å²) in [5.74, 6) is 1.32. The first-order valence-corrected chi connectivity index (χ1v) is 9.85. The second-order valence-corrected chi connectivity index (χ2v) is 8.51. The number of benzene rings is 2. The average Bonchev–Trinajstić information content (AvgIpc) is 2.58. The Kier molecular flexibility index (Phi) is 7.31. The highest BCUT2D eigenvalue weighted by molar-refractivity contribution is 9.10. The maximum Gasteiger partial charge on any atom is 0.258 e. The Morgan fingerprint density at radius 1 is 1.04 bits per heavy atom. The summed E-state index contributed by atoms with van der Waals surface area (Å²) >= 11 is 3.51. The first-order valence-electron chi connectivity index (χ1n) is 9.06. The van der Waals surface area contributed by atoms with Crippen molar-refractivity contribution in [1.82, 2.24) is 5.32 Å². The third-order valence-electron chi connectivity index (χ3n) is 4.17. The van der Waals surface area contributed by atoms with Crippen LogP contribution in [-0.4, -0.2) is 25.7 Å². The largest absolute Gasteiger partial charge is 0.491 e. The molecule has 0 saturated carbocycles. The van der Waals surface area contributed by atoms with Crippen LogP contribution in [0, 0.1) is 13.8 Å². The summed E-state index contributed by atoms with van der Waals surface area (Å²) < 4.78 is 12.2. The van der Waals surface area contributed by atoms with E-state index in [1.807, 2.05) is 44.2 Å². The van der Waals surface area contributed by atoms with Crippen molar-refractivity contribution in [2.24, 2.45) is 0 Å². The van der Waals surface area contributed by atoms with Gasteiger partial charge in [-0.1, -0.05) is 44.5 Å². The van der Waals surface area contributed by atoms with Gasteiger partial charge >= 0.3 is 0 Å². The molecule has 5 heteroatoms. The van der Waals surface area contributed by atoms with E-state index in [1.54, 1.807) is 0 Å². The minimum absolute atomic E-state index is 0.0307. The molecular weight excluding hydrogens is 406 g/mol. The lowest BCUT2D eigenvalue weighted by Gasteiger charge is -2.20. The molecule has 0 fully saturated rings. The van der Waals surface area contributed by atoms with Gasteiger partial charge in [-0.3, -0.25) is 4.79 Å². The van der Waals surface area contributed by atoms with Gasteiger partial charge in [-0.2, -0.15) is 0 Å². The van der Waals surface area contributed by atoms with Crippen LogP contribution in [0.15, 0.2) is 40.9 Å². The SMILES string of the molecule is Cc1ccc(OCCNC(=O)COc2ccc(C(C)(C)C)cc2Br)c(C)c1. The zero-order chi connectivity index (χ0) is 20.0. The molecule has 0 heterocycles. The molecule has 4 nitrogen and oxygen atoms in total. The Morgan fingerprint density at radius 2 is 1.74 bits per heavy atom. The number of carbonyl (C=O) groups is 1. The van der Waals surface area contributed by atoms with Crippen molar-refractivity contribution in [2.45, 2.75) is 40.0 Å². The Hall–Kier alpha value is -2.01. The molecule has 2 aromatic rings. The minimum atomic E-state index is -0.175. The summed E-state index contributed by atoms with van der Waals surface area (Å²) in [6, 6.07) is 12.0. The number of nitrogens with one attached hydrogen (secondary N) is 1. The molecule has 2 aromatic carbocycles. The highest BCUT2D eigenvalue weighted by atomic mass is 79.9. The normalized spacial score (nSPS) is 11.2. The molecule has 0 saturated heterocycles. The molecule has 2 rings (SSSR count). The monoisotopic (exact) mass is 433 g/mol. The number of hydrogen-bond donors (Lipinski definition) is 1. The minimum Gasteiger partial charge on any atom is -0.491 e. The summed E-state index contributed by atoms with van der Waals surface area (Å²) in [5.41, 5.74) is 3.56. The Balaban J connectivity index is 1.75. The lowest BCUT2D eigenvalue weighted by molar-refractivity contribution is -0.123. The van der Waals surface area contributed by atoms with E-state index < -0.39 is 0 Å². The predicted molar refractivity (Wildman–Crippen MR) is 113 cm³/mol. The Bertz CT molecular complexity index is 797. The summed E-state index contributed by atoms with van der Waals surface area (Å²) in [6.45, 7) is 11.3. The maximum absolute atomic E-state index is 12.0. The van der Waals surface area contributed by atoms with E-state index in [2.05, 4.69) is 48.1 Å². The lowest BCUT2D eigenvalue weighted by atomic mass is 9.87. The van der Waals surface area contributed by atoms with Crippen LogP contribution in [0.5, 0.6) is 11.5 Å². The molecular formula is C22H28BrNO3. The molecule has 0 aliphatic heterocycles. The molecule has 0 radical (unpaired) electrons. The molecule has 146 valence electrons. The van der Waals surface area contributed by atoms with Gasteiger partial charge in [0.15, 0.2) is 6.61 Å². The molecule has 0 spiro atoms. The molecule has 0 atom stereocenters. The number of aryl methyl sites for hydroxylation is 2. The third kappa shape index (κ3) is 6.58. The fourth-order valence-electron chi connectivity index (χ4n) is 2.59. The molecule has 27 heavy (non-hydrogen) atoms. The van der Waals surface area contributed by atoms with E-state index >= 15 is 0 Å². The van der Waals surface area contributed by atoms with Crippen molar-refractivity contribution in [3.8, 4) is 11.5 Å². The number of carbonyl (C=O) groups excluding carboxylic acids is 1. The zero-order valence-corrected chi connectivity index (χ0v) is 18.3. The smallest absolute Gasteiger partial charge is 0.258 e.